The molecule has 0 aliphatic heterocycles. The minimum Gasteiger partial charge on any atom is -0.578 e. The molecule has 1 aromatic carbocycles. The van der Waals surface area contributed by atoms with Gasteiger partial charge in [0.25, 0.3) is 0 Å². The van der Waals surface area contributed by atoms with Crippen LogP contribution >= 0.6 is 7.26 Å². The van der Waals surface area contributed by atoms with Gasteiger partial charge < -0.3 is 32.5 Å². The van der Waals surface area contributed by atoms with Crippen molar-refractivity contribution in [3.8, 4) is 0 Å². The van der Waals surface area contributed by atoms with Crippen molar-refractivity contribution in [3.05, 3.63) is 47.8 Å². The fourth-order valence-electron chi connectivity index (χ4n) is 2.17. The van der Waals surface area contributed by atoms with Gasteiger partial charge in [0.1, 0.15) is 12.6 Å². The molecule has 0 saturated carbocycles. The SMILES string of the molecule is CC[P+](C)(CC)CC.N[C-]=C(COC(=O)NC(Cc1ccccc1)C(=O)O)NN.[Au+]. The summed E-state index contributed by atoms with van der Waals surface area (Å²) in [5.41, 5.74) is 8.22. The van der Waals surface area contributed by atoms with Crippen molar-refractivity contribution in [2.75, 3.05) is 31.8 Å². The largest absolute Gasteiger partial charge is 1.00 e. The summed E-state index contributed by atoms with van der Waals surface area (Å²) in [7, 11) is -0.412. The van der Waals surface area contributed by atoms with Crippen LogP contribution < -0.4 is 22.3 Å². The van der Waals surface area contributed by atoms with Crippen molar-refractivity contribution in [3.63, 3.8) is 0 Å². The van der Waals surface area contributed by atoms with Crippen LogP contribution in [0.5, 0.6) is 0 Å². The summed E-state index contributed by atoms with van der Waals surface area (Å²) in [6.45, 7) is 9.19. The molecule has 0 bridgehead atoms. The van der Waals surface area contributed by atoms with Crippen molar-refractivity contribution in [2.45, 2.75) is 33.2 Å². The molecule has 0 aliphatic rings. The van der Waals surface area contributed by atoms with Crippen molar-refractivity contribution < 1.29 is 41.8 Å². The summed E-state index contributed by atoms with van der Waals surface area (Å²) in [5.74, 6) is 3.93. The van der Waals surface area contributed by atoms with Crippen molar-refractivity contribution in [1.29, 1.82) is 0 Å². The second-order valence-electron chi connectivity index (χ2n) is 6.64. The van der Waals surface area contributed by atoms with Gasteiger partial charge in [-0.05, 0) is 26.3 Å². The maximum absolute atomic E-state index is 11.5. The van der Waals surface area contributed by atoms with Gasteiger partial charge in [-0.3, -0.25) is 5.84 Å². The quantitative estimate of drug-likeness (QED) is 0.0673. The molecule has 1 unspecified atom stereocenters. The first-order valence-corrected chi connectivity index (χ1v) is 12.4. The first-order chi connectivity index (χ1) is 13.7. The average molecular weight is 623 g/mol. The molecule has 0 spiro atoms. The molecule has 1 aromatic rings. The van der Waals surface area contributed by atoms with Gasteiger partial charge in [0.05, 0.1) is 18.5 Å². The number of amides is 1. The van der Waals surface area contributed by atoms with Crippen LogP contribution in [0.4, 0.5) is 4.79 Å². The molecule has 0 aromatic heterocycles. The number of carbonyl (C=O) groups is 2. The Hall–Kier alpha value is -1.57. The standard InChI is InChI=1S/C13H17N4O4.C7H18P.Au/c14-7-10(17-15)8-21-13(20)16-11(12(18)19)6-9-4-2-1-3-5-9;1-5-8(4,6-2)7-3;/h1-5,11,17H,6,8,14-15H2,(H,16,20)(H,18,19);5-7H2,1-4H3;/q-1;2*+1. The number of carbonyl (C=O) groups excluding carboxylic acids is 1. The Kier molecular flexibility index (Phi) is 17.5. The fourth-order valence-corrected chi connectivity index (χ4v) is 3.51. The Bertz CT molecular complexity index is 635. The number of hydrazine groups is 1. The fraction of sp³-hybridized carbons (Fsp3) is 0.500. The van der Waals surface area contributed by atoms with Gasteiger partial charge in [0.15, 0.2) is 0 Å². The number of hydrogen-bond donors (Lipinski definition) is 5. The number of benzene rings is 1. The Morgan fingerprint density at radius 1 is 1.17 bits per heavy atom. The molecule has 8 nitrogen and oxygen atoms in total. The van der Waals surface area contributed by atoms with Crippen LogP contribution in [0.2, 0.25) is 0 Å². The van der Waals surface area contributed by atoms with Crippen LogP contribution in [-0.4, -0.2) is 55.0 Å². The number of carboxylic acids is 1. The van der Waals surface area contributed by atoms with Crippen LogP contribution in [0.25, 0.3) is 0 Å². The smallest absolute Gasteiger partial charge is 0.578 e. The van der Waals surface area contributed by atoms with E-state index in [0.717, 1.165) is 5.56 Å². The molecule has 1 atom stereocenters. The second kappa shape index (κ2) is 17.1. The van der Waals surface area contributed by atoms with Gasteiger partial charge in [-0.25, -0.2) is 9.59 Å². The number of alkyl carbamates (subject to hydrolysis) is 1. The number of carboxylic acid groups (broad SMARTS) is 1. The van der Waals surface area contributed by atoms with E-state index in [1.807, 2.05) is 6.07 Å². The Morgan fingerprint density at radius 3 is 2.07 bits per heavy atom. The van der Waals surface area contributed by atoms with Crippen LogP contribution in [0.3, 0.4) is 0 Å². The molecule has 0 fully saturated rings. The normalized spacial score (nSPS) is 11.8. The van der Waals surface area contributed by atoms with E-state index in [-0.39, 0.29) is 41.1 Å². The zero-order valence-corrected chi connectivity index (χ0v) is 21.1. The molecular formula is C20H35AuN4O4P+. The Balaban J connectivity index is 0. The molecular weight excluding hydrogens is 588 g/mol. The summed E-state index contributed by atoms with van der Waals surface area (Å²) in [6, 6.07) is 7.83. The van der Waals surface area contributed by atoms with Gasteiger partial charge in [-0.15, -0.1) is 5.70 Å². The summed E-state index contributed by atoms with van der Waals surface area (Å²) < 4.78 is 4.77. The number of ether oxygens (including phenoxy) is 1. The molecule has 30 heavy (non-hydrogen) atoms. The number of aliphatic carboxylic acids is 1. The molecule has 0 aliphatic carbocycles. The molecule has 0 saturated heterocycles. The van der Waals surface area contributed by atoms with E-state index in [0.29, 0.717) is 0 Å². The third kappa shape index (κ3) is 12.9. The number of hydrogen-bond acceptors (Lipinski definition) is 6. The second-order valence-corrected chi connectivity index (χ2v) is 11.8. The van der Waals surface area contributed by atoms with E-state index in [1.165, 1.54) is 18.5 Å². The molecule has 0 heterocycles. The van der Waals surface area contributed by atoms with Crippen LogP contribution in [-0.2, 0) is 38.3 Å². The van der Waals surface area contributed by atoms with Crippen LogP contribution in [0, 0.1) is 6.20 Å². The zero-order chi connectivity index (χ0) is 22.3. The van der Waals surface area contributed by atoms with Crippen LogP contribution in [0.1, 0.15) is 26.3 Å². The average Bonchev–Trinajstić information content (AvgIpc) is 2.74. The first kappa shape index (κ1) is 30.6. The molecule has 1 rings (SSSR count). The Labute approximate surface area is 196 Å². The van der Waals surface area contributed by atoms with Gasteiger partial charge in [-0.2, -0.15) is 0 Å². The topological polar surface area (TPSA) is 140 Å². The van der Waals surface area contributed by atoms with Crippen LogP contribution in [0.15, 0.2) is 36.0 Å². The minimum absolute atomic E-state index is 0. The van der Waals surface area contributed by atoms with Crippen molar-refractivity contribution in [2.24, 2.45) is 11.6 Å². The van der Waals surface area contributed by atoms with Gasteiger partial charge in [-0.1, -0.05) is 30.3 Å². The molecule has 174 valence electrons. The minimum atomic E-state index is -1.16. The van der Waals surface area contributed by atoms with Gasteiger partial charge in [0.2, 0.25) is 0 Å². The maximum Gasteiger partial charge on any atom is 1.00 e. The van der Waals surface area contributed by atoms with E-state index in [4.69, 9.17) is 21.4 Å². The van der Waals surface area contributed by atoms with E-state index >= 15 is 0 Å². The van der Waals surface area contributed by atoms with Gasteiger partial charge >= 0.3 is 34.4 Å². The zero-order valence-electron chi connectivity index (χ0n) is 18.1. The molecule has 7 N–H and O–H groups in total. The molecule has 1 amide bonds. The number of nitrogens with one attached hydrogen (secondary N) is 2. The number of nitrogens with two attached hydrogens (primary N) is 2. The van der Waals surface area contributed by atoms with Crippen molar-refractivity contribution in [1.82, 2.24) is 10.7 Å². The summed E-state index contributed by atoms with van der Waals surface area (Å²) in [5, 5.41) is 11.4. The summed E-state index contributed by atoms with van der Waals surface area (Å²) in [4.78, 5) is 22.7. The maximum atomic E-state index is 11.5. The first-order valence-electron chi connectivity index (χ1n) is 9.57. The molecule has 0 radical (unpaired) electrons. The predicted molar refractivity (Wildman–Crippen MR) is 119 cm³/mol. The van der Waals surface area contributed by atoms with E-state index in [9.17, 15) is 9.59 Å². The van der Waals surface area contributed by atoms with Gasteiger partial charge in [0, 0.05) is 20.3 Å². The third-order valence-electron chi connectivity index (χ3n) is 4.86. The summed E-state index contributed by atoms with van der Waals surface area (Å²) in [6.07, 6.45) is 5.73. The third-order valence-corrected chi connectivity index (χ3v) is 9.44. The van der Waals surface area contributed by atoms with E-state index in [2.05, 4.69) is 44.4 Å². The van der Waals surface area contributed by atoms with E-state index in [1.54, 1.807) is 24.3 Å². The van der Waals surface area contributed by atoms with E-state index < -0.39 is 25.4 Å². The predicted octanol–water partition coefficient (Wildman–Crippen LogP) is 2.17. The van der Waals surface area contributed by atoms with Crippen molar-refractivity contribution >= 4 is 19.3 Å². The Morgan fingerprint density at radius 2 is 1.70 bits per heavy atom. The monoisotopic (exact) mass is 623 g/mol. The number of rotatable bonds is 10. The summed E-state index contributed by atoms with van der Waals surface area (Å²) >= 11 is 0. The molecule has 10 heteroatoms.